The fraction of sp³-hybridized carbons (Fsp3) is 0.174. The van der Waals surface area contributed by atoms with Gasteiger partial charge in [0.2, 0.25) is 0 Å². The molecule has 0 heterocycles. The summed E-state index contributed by atoms with van der Waals surface area (Å²) >= 11 is 6.38. The molecular weight excluding hydrogens is 393 g/mol. The van der Waals surface area contributed by atoms with E-state index >= 15 is 0 Å². The highest BCUT2D eigenvalue weighted by Crippen LogP contribution is 2.37. The molecule has 0 radical (unpaired) electrons. The Morgan fingerprint density at radius 2 is 1.79 bits per heavy atom. The van der Waals surface area contributed by atoms with Crippen molar-refractivity contribution in [1.82, 2.24) is 0 Å². The maximum absolute atomic E-state index is 13.8. The molecule has 0 saturated carbocycles. The first kappa shape index (κ1) is 20.7. The van der Waals surface area contributed by atoms with Gasteiger partial charge in [-0.15, -0.1) is 0 Å². The van der Waals surface area contributed by atoms with Crippen LogP contribution in [0.3, 0.4) is 0 Å². The lowest BCUT2D eigenvalue weighted by atomic mass is 10.1. The molecule has 0 spiro atoms. The molecule has 29 heavy (non-hydrogen) atoms. The first-order valence-corrected chi connectivity index (χ1v) is 9.56. The maximum Gasteiger partial charge on any atom is 0.255 e. The fourth-order valence-corrected chi connectivity index (χ4v) is 2.96. The second-order valence-corrected chi connectivity index (χ2v) is 6.83. The molecular formula is C23H21ClFNO3. The minimum absolute atomic E-state index is 0.0891. The van der Waals surface area contributed by atoms with Crippen LogP contribution in [-0.2, 0) is 6.61 Å². The molecule has 6 heteroatoms. The predicted molar refractivity (Wildman–Crippen MR) is 112 cm³/mol. The van der Waals surface area contributed by atoms with E-state index in [9.17, 15) is 9.18 Å². The van der Waals surface area contributed by atoms with Crippen LogP contribution in [-0.4, -0.2) is 12.5 Å². The normalized spacial score (nSPS) is 10.5. The van der Waals surface area contributed by atoms with Crippen molar-refractivity contribution in [3.05, 3.63) is 88.2 Å². The van der Waals surface area contributed by atoms with Gasteiger partial charge in [-0.2, -0.15) is 0 Å². The Morgan fingerprint density at radius 1 is 1.07 bits per heavy atom. The molecule has 0 atom stereocenters. The topological polar surface area (TPSA) is 47.6 Å². The molecule has 0 aliphatic carbocycles. The average molecular weight is 414 g/mol. The largest absolute Gasteiger partial charge is 0.490 e. The van der Waals surface area contributed by atoms with Crippen molar-refractivity contribution < 1.29 is 18.7 Å². The molecule has 0 aliphatic rings. The predicted octanol–water partition coefficient (Wildman–Crippen LogP) is 6.02. The molecule has 1 N–H and O–H groups in total. The highest BCUT2D eigenvalue weighted by Gasteiger charge is 2.17. The van der Waals surface area contributed by atoms with Gasteiger partial charge in [-0.25, -0.2) is 4.39 Å². The number of anilines is 1. The number of hydrogen-bond acceptors (Lipinski definition) is 3. The second-order valence-electron chi connectivity index (χ2n) is 6.43. The number of para-hydroxylation sites is 1. The van der Waals surface area contributed by atoms with Gasteiger partial charge >= 0.3 is 0 Å². The van der Waals surface area contributed by atoms with Crippen molar-refractivity contribution in [2.24, 2.45) is 0 Å². The van der Waals surface area contributed by atoms with E-state index in [-0.39, 0.29) is 16.3 Å². The summed E-state index contributed by atoms with van der Waals surface area (Å²) in [6, 6.07) is 16.9. The summed E-state index contributed by atoms with van der Waals surface area (Å²) in [7, 11) is 0. The fourth-order valence-electron chi connectivity index (χ4n) is 2.70. The molecule has 3 aromatic rings. The van der Waals surface area contributed by atoms with Gasteiger partial charge < -0.3 is 14.8 Å². The Labute approximate surface area is 174 Å². The standard InChI is InChI=1S/C23H21ClFNO3/c1-3-28-21-13-17(23(27)26-20-7-5-4-6-19(20)25)12-18(24)22(21)29-14-16-10-8-15(2)9-11-16/h4-13H,3,14H2,1-2H3,(H,26,27). The van der Waals surface area contributed by atoms with Gasteiger partial charge in [-0.05, 0) is 43.7 Å². The van der Waals surface area contributed by atoms with Gasteiger partial charge in [0.15, 0.2) is 11.5 Å². The number of carbonyl (C=O) groups is 1. The van der Waals surface area contributed by atoms with E-state index in [0.29, 0.717) is 24.7 Å². The molecule has 3 rings (SSSR count). The summed E-state index contributed by atoms with van der Waals surface area (Å²) < 4.78 is 25.3. The lowest BCUT2D eigenvalue weighted by Crippen LogP contribution is -2.13. The average Bonchev–Trinajstić information content (AvgIpc) is 2.70. The van der Waals surface area contributed by atoms with Gasteiger partial charge in [0.05, 0.1) is 17.3 Å². The zero-order chi connectivity index (χ0) is 20.8. The molecule has 1 amide bonds. The molecule has 0 aliphatic heterocycles. The zero-order valence-corrected chi connectivity index (χ0v) is 16.9. The van der Waals surface area contributed by atoms with Crippen molar-refractivity contribution in [2.45, 2.75) is 20.5 Å². The number of nitrogens with one attached hydrogen (secondary N) is 1. The van der Waals surface area contributed by atoms with Crippen molar-refractivity contribution in [1.29, 1.82) is 0 Å². The van der Waals surface area contributed by atoms with Crippen LogP contribution in [0.2, 0.25) is 5.02 Å². The van der Waals surface area contributed by atoms with E-state index in [1.165, 1.54) is 24.3 Å². The lowest BCUT2D eigenvalue weighted by Gasteiger charge is -2.15. The number of halogens is 2. The van der Waals surface area contributed by atoms with Crippen LogP contribution in [0.4, 0.5) is 10.1 Å². The van der Waals surface area contributed by atoms with Crippen LogP contribution in [0.15, 0.2) is 60.7 Å². The van der Waals surface area contributed by atoms with E-state index in [1.807, 2.05) is 38.1 Å². The van der Waals surface area contributed by atoms with E-state index in [4.69, 9.17) is 21.1 Å². The van der Waals surface area contributed by atoms with Crippen LogP contribution in [0, 0.1) is 12.7 Å². The minimum Gasteiger partial charge on any atom is -0.490 e. The first-order chi connectivity index (χ1) is 14.0. The van der Waals surface area contributed by atoms with Crippen LogP contribution >= 0.6 is 11.6 Å². The van der Waals surface area contributed by atoms with Crippen molar-refractivity contribution in [3.8, 4) is 11.5 Å². The van der Waals surface area contributed by atoms with Crippen LogP contribution in [0.5, 0.6) is 11.5 Å². The summed E-state index contributed by atoms with van der Waals surface area (Å²) in [6.07, 6.45) is 0. The third kappa shape index (κ3) is 5.27. The van der Waals surface area contributed by atoms with Crippen LogP contribution < -0.4 is 14.8 Å². The Morgan fingerprint density at radius 3 is 2.48 bits per heavy atom. The number of hydrogen-bond donors (Lipinski definition) is 1. The van der Waals surface area contributed by atoms with Crippen molar-refractivity contribution in [2.75, 3.05) is 11.9 Å². The molecule has 0 fully saturated rings. The molecule has 0 aromatic heterocycles. The highest BCUT2D eigenvalue weighted by molar-refractivity contribution is 6.32. The van der Waals surface area contributed by atoms with E-state index < -0.39 is 11.7 Å². The summed E-state index contributed by atoms with van der Waals surface area (Å²) in [5.41, 5.74) is 2.47. The van der Waals surface area contributed by atoms with Gasteiger partial charge in [-0.3, -0.25) is 4.79 Å². The Kier molecular flexibility index (Phi) is 6.73. The molecule has 0 unspecified atom stereocenters. The number of carbonyl (C=O) groups excluding carboxylic acids is 1. The summed E-state index contributed by atoms with van der Waals surface area (Å²) in [5.74, 6) is -0.305. The number of amides is 1. The molecule has 4 nitrogen and oxygen atoms in total. The Hall–Kier alpha value is -3.05. The summed E-state index contributed by atoms with van der Waals surface area (Å²) in [6.45, 7) is 4.51. The quantitative estimate of drug-likeness (QED) is 0.515. The Balaban J connectivity index is 1.82. The second kappa shape index (κ2) is 9.43. The molecule has 0 saturated heterocycles. The van der Waals surface area contributed by atoms with Gasteiger partial charge in [-0.1, -0.05) is 53.6 Å². The lowest BCUT2D eigenvalue weighted by molar-refractivity contribution is 0.102. The minimum atomic E-state index is -0.518. The van der Waals surface area contributed by atoms with E-state index in [1.54, 1.807) is 12.1 Å². The van der Waals surface area contributed by atoms with Crippen LogP contribution in [0.1, 0.15) is 28.4 Å². The third-order valence-corrected chi connectivity index (χ3v) is 4.48. The summed E-state index contributed by atoms with van der Waals surface area (Å²) in [5, 5.41) is 2.77. The summed E-state index contributed by atoms with van der Waals surface area (Å²) in [4.78, 5) is 12.6. The van der Waals surface area contributed by atoms with E-state index in [2.05, 4.69) is 5.32 Å². The van der Waals surface area contributed by atoms with Gasteiger partial charge in [0.25, 0.3) is 5.91 Å². The molecule has 150 valence electrons. The SMILES string of the molecule is CCOc1cc(C(=O)Nc2ccccc2F)cc(Cl)c1OCc1ccc(C)cc1. The number of rotatable bonds is 7. The monoisotopic (exact) mass is 413 g/mol. The van der Waals surface area contributed by atoms with Crippen LogP contribution in [0.25, 0.3) is 0 Å². The van der Waals surface area contributed by atoms with Gasteiger partial charge in [0, 0.05) is 5.56 Å². The number of ether oxygens (including phenoxy) is 2. The number of aryl methyl sites for hydroxylation is 1. The number of benzene rings is 3. The Bertz CT molecular complexity index is 1010. The first-order valence-electron chi connectivity index (χ1n) is 9.18. The van der Waals surface area contributed by atoms with E-state index in [0.717, 1.165) is 11.1 Å². The molecule has 0 bridgehead atoms. The smallest absolute Gasteiger partial charge is 0.255 e. The van der Waals surface area contributed by atoms with Crippen molar-refractivity contribution in [3.63, 3.8) is 0 Å². The maximum atomic E-state index is 13.8. The van der Waals surface area contributed by atoms with Gasteiger partial charge in [0.1, 0.15) is 12.4 Å². The van der Waals surface area contributed by atoms with Crippen molar-refractivity contribution >= 4 is 23.2 Å². The highest BCUT2D eigenvalue weighted by atomic mass is 35.5. The zero-order valence-electron chi connectivity index (χ0n) is 16.2. The molecule has 3 aromatic carbocycles. The third-order valence-electron chi connectivity index (χ3n) is 4.20.